The number of H-pyrrole nitrogens is 1. The van der Waals surface area contributed by atoms with Crippen molar-refractivity contribution in [1.29, 1.82) is 0 Å². The highest BCUT2D eigenvalue weighted by Gasteiger charge is 2.53. The molecule has 2 N–H and O–H groups in total. The van der Waals surface area contributed by atoms with Gasteiger partial charge in [0.05, 0.1) is 34.5 Å². The number of amides is 2. The number of nitrogens with zero attached hydrogens (tertiary/aromatic N) is 2. The van der Waals surface area contributed by atoms with Crippen LogP contribution in [0.3, 0.4) is 0 Å². The van der Waals surface area contributed by atoms with E-state index < -0.39 is 29.6 Å². The van der Waals surface area contributed by atoms with Crippen molar-refractivity contribution in [3.63, 3.8) is 0 Å². The summed E-state index contributed by atoms with van der Waals surface area (Å²) in [6.45, 7) is -0.402. The fourth-order valence-electron chi connectivity index (χ4n) is 5.87. The van der Waals surface area contributed by atoms with Crippen LogP contribution in [0.5, 0.6) is 5.75 Å². The average Bonchev–Trinajstić information content (AvgIpc) is 3.47. The molecule has 2 amide bonds. The number of aromatic nitrogens is 2. The van der Waals surface area contributed by atoms with Crippen LogP contribution in [0.4, 0.5) is 24.5 Å². The van der Waals surface area contributed by atoms with Gasteiger partial charge in [-0.2, -0.15) is 18.3 Å². The first-order valence-corrected chi connectivity index (χ1v) is 13.6. The van der Waals surface area contributed by atoms with Crippen LogP contribution in [-0.4, -0.2) is 34.7 Å². The molecule has 1 aliphatic heterocycles. The number of halogens is 4. The van der Waals surface area contributed by atoms with E-state index in [1.165, 1.54) is 23.1 Å². The molecule has 2 heterocycles. The average molecular weight is 613 g/mol. The number of nitrogens with one attached hydrogen (secondary N) is 2. The first kappa shape index (κ1) is 26.4. The zero-order valence-corrected chi connectivity index (χ0v) is 22.7. The largest absolute Gasteiger partial charge is 0.490 e. The SMILES string of the molecule is O=C(CN1C(=O)C2(CCC(Oc3ccc4[nH]ncc4c3)CC2)c2c(Br)cccc21)Nc1ccccc1C(F)(F)F. The molecule has 11 heteroatoms. The highest BCUT2D eigenvalue weighted by atomic mass is 79.9. The second-order valence-corrected chi connectivity index (χ2v) is 11.0. The number of rotatable bonds is 5. The molecule has 4 aromatic rings. The smallest absolute Gasteiger partial charge is 0.418 e. The summed E-state index contributed by atoms with van der Waals surface area (Å²) in [4.78, 5) is 28.3. The molecule has 3 aromatic carbocycles. The quantitative estimate of drug-likeness (QED) is 0.266. The van der Waals surface area contributed by atoms with Crippen molar-refractivity contribution < 1.29 is 27.5 Å². The zero-order chi connectivity index (χ0) is 28.1. The number of benzene rings is 3. The highest BCUT2D eigenvalue weighted by molar-refractivity contribution is 9.10. The van der Waals surface area contributed by atoms with E-state index in [9.17, 15) is 22.8 Å². The molecule has 0 saturated heterocycles. The molecule has 0 radical (unpaired) electrons. The van der Waals surface area contributed by atoms with Gasteiger partial charge in [0.2, 0.25) is 11.8 Å². The van der Waals surface area contributed by atoms with Gasteiger partial charge in [0.15, 0.2) is 0 Å². The van der Waals surface area contributed by atoms with Crippen LogP contribution >= 0.6 is 15.9 Å². The van der Waals surface area contributed by atoms with Crippen LogP contribution in [0, 0.1) is 0 Å². The van der Waals surface area contributed by atoms with Gasteiger partial charge in [-0.05, 0) is 68.1 Å². The Labute approximate surface area is 235 Å². The minimum absolute atomic E-state index is 0.0927. The lowest BCUT2D eigenvalue weighted by Gasteiger charge is -2.36. The minimum atomic E-state index is -4.63. The number of anilines is 2. The van der Waals surface area contributed by atoms with Crippen molar-refractivity contribution in [2.45, 2.75) is 43.4 Å². The van der Waals surface area contributed by atoms with Crippen LogP contribution in [0.25, 0.3) is 10.9 Å². The standard InChI is InChI=1S/C29H24BrF3N4O3/c30-21-5-3-7-24-26(21)28(12-10-18(11-13-28)40-19-8-9-22-17(14-19)15-34-36-22)27(39)37(24)16-25(38)35-23-6-2-1-4-20(23)29(31,32)33/h1-9,14-15,18H,10-13,16H2,(H,34,36)(H,35,38). The minimum Gasteiger partial charge on any atom is -0.490 e. The second kappa shape index (κ2) is 9.96. The van der Waals surface area contributed by atoms with Gasteiger partial charge in [0.25, 0.3) is 0 Å². The number of alkyl halides is 3. The van der Waals surface area contributed by atoms with Gasteiger partial charge >= 0.3 is 6.18 Å². The lowest BCUT2D eigenvalue weighted by molar-refractivity contribution is -0.137. The summed E-state index contributed by atoms with van der Waals surface area (Å²) in [7, 11) is 0. The van der Waals surface area contributed by atoms with Crippen molar-refractivity contribution in [2.75, 3.05) is 16.8 Å². The molecular weight excluding hydrogens is 589 g/mol. The first-order valence-electron chi connectivity index (χ1n) is 12.8. The lowest BCUT2D eigenvalue weighted by atomic mass is 9.69. The number of hydrogen-bond acceptors (Lipinski definition) is 4. The van der Waals surface area contributed by atoms with Crippen molar-refractivity contribution in [2.24, 2.45) is 0 Å². The van der Waals surface area contributed by atoms with Gasteiger partial charge in [-0.15, -0.1) is 0 Å². The van der Waals surface area contributed by atoms with Crippen LogP contribution in [-0.2, 0) is 21.2 Å². The van der Waals surface area contributed by atoms with E-state index in [0.29, 0.717) is 31.4 Å². The van der Waals surface area contributed by atoms with Crippen LogP contribution in [0.1, 0.15) is 36.8 Å². The Balaban J connectivity index is 1.21. The topological polar surface area (TPSA) is 87.3 Å². The number of carbonyl (C=O) groups is 2. The van der Waals surface area contributed by atoms with E-state index in [0.717, 1.165) is 32.8 Å². The van der Waals surface area contributed by atoms with E-state index in [4.69, 9.17) is 4.74 Å². The van der Waals surface area contributed by atoms with Crippen LogP contribution in [0.2, 0.25) is 0 Å². The number of aromatic amines is 1. The number of para-hydroxylation sites is 1. The summed E-state index contributed by atoms with van der Waals surface area (Å²) < 4.78 is 47.3. The molecule has 1 saturated carbocycles. The third-order valence-corrected chi connectivity index (χ3v) is 8.39. The van der Waals surface area contributed by atoms with Gasteiger partial charge in [0.1, 0.15) is 12.3 Å². The molecule has 0 bridgehead atoms. The molecule has 2 aliphatic rings. The Bertz CT molecular complexity index is 1610. The maximum absolute atomic E-state index is 14.0. The fourth-order valence-corrected chi connectivity index (χ4v) is 6.60. The van der Waals surface area contributed by atoms with Crippen molar-refractivity contribution in [1.82, 2.24) is 10.2 Å². The van der Waals surface area contributed by atoms with Gasteiger partial charge in [0, 0.05) is 21.1 Å². The van der Waals surface area contributed by atoms with E-state index in [1.54, 1.807) is 18.3 Å². The predicted octanol–water partition coefficient (Wildman–Crippen LogP) is 6.59. The van der Waals surface area contributed by atoms with Crippen molar-refractivity contribution in [3.8, 4) is 5.75 Å². The molecule has 0 atom stereocenters. The molecule has 206 valence electrons. The summed E-state index contributed by atoms with van der Waals surface area (Å²) in [5.74, 6) is -0.210. The number of fused-ring (bicyclic) bond motifs is 3. The molecular formula is C29H24BrF3N4O3. The van der Waals surface area contributed by atoms with E-state index in [2.05, 4.69) is 31.4 Å². The number of ether oxygens (including phenoxy) is 1. The third-order valence-electron chi connectivity index (χ3n) is 7.72. The summed E-state index contributed by atoms with van der Waals surface area (Å²) in [6.07, 6.45) is -0.728. The maximum Gasteiger partial charge on any atom is 0.418 e. The molecule has 1 aromatic heterocycles. The Morgan fingerprint density at radius 3 is 2.67 bits per heavy atom. The van der Waals surface area contributed by atoms with Crippen LogP contribution in [0.15, 0.2) is 71.3 Å². The number of carbonyl (C=O) groups excluding carboxylic acids is 2. The van der Waals surface area contributed by atoms with Crippen molar-refractivity contribution in [3.05, 3.63) is 82.5 Å². The van der Waals surface area contributed by atoms with Crippen LogP contribution < -0.4 is 15.0 Å². The Morgan fingerprint density at radius 2 is 1.90 bits per heavy atom. The summed E-state index contributed by atoms with van der Waals surface area (Å²) in [5, 5.41) is 10.2. The summed E-state index contributed by atoms with van der Waals surface area (Å²) >= 11 is 3.61. The lowest BCUT2D eigenvalue weighted by Crippen LogP contribution is -2.46. The molecule has 1 aliphatic carbocycles. The summed E-state index contributed by atoms with van der Waals surface area (Å²) in [6, 6.07) is 15.9. The maximum atomic E-state index is 14.0. The second-order valence-electron chi connectivity index (χ2n) is 10.1. The first-order chi connectivity index (χ1) is 19.2. The van der Waals surface area contributed by atoms with Crippen molar-refractivity contribution >= 4 is 50.0 Å². The Kier molecular flexibility index (Phi) is 6.56. The zero-order valence-electron chi connectivity index (χ0n) is 21.1. The highest BCUT2D eigenvalue weighted by Crippen LogP contribution is 2.53. The van der Waals surface area contributed by atoms with Gasteiger partial charge in [-0.1, -0.05) is 34.1 Å². The van der Waals surface area contributed by atoms with E-state index >= 15 is 0 Å². The molecule has 0 unspecified atom stereocenters. The predicted molar refractivity (Wildman–Crippen MR) is 147 cm³/mol. The van der Waals surface area contributed by atoms with E-state index in [-0.39, 0.29) is 17.7 Å². The molecule has 1 fully saturated rings. The van der Waals surface area contributed by atoms with E-state index in [1.807, 2.05) is 24.3 Å². The molecule has 6 rings (SSSR count). The van der Waals surface area contributed by atoms with Gasteiger partial charge in [-0.3, -0.25) is 14.7 Å². The molecule has 1 spiro atoms. The normalized spacial score (nSPS) is 20.6. The molecule has 7 nitrogen and oxygen atoms in total. The van der Waals surface area contributed by atoms with Gasteiger partial charge in [-0.25, -0.2) is 0 Å². The summed E-state index contributed by atoms with van der Waals surface area (Å²) in [5.41, 5.74) is 0.167. The van der Waals surface area contributed by atoms with Gasteiger partial charge < -0.3 is 15.0 Å². The number of hydrogen-bond donors (Lipinski definition) is 2. The Hall–Kier alpha value is -3.86. The Morgan fingerprint density at radius 1 is 1.12 bits per heavy atom. The third kappa shape index (κ3) is 4.61. The molecule has 40 heavy (non-hydrogen) atoms. The fraction of sp³-hybridized carbons (Fsp3) is 0.276. The monoisotopic (exact) mass is 612 g/mol.